The van der Waals surface area contributed by atoms with Crippen LogP contribution in [0.3, 0.4) is 0 Å². The minimum atomic E-state index is -3.71. The standard InChI is InChI=1S/C18H17FN4O3S2/c1-18(9-28(24,25)23(2)17(20)22-18)16-13(19)7-15(27-16)12-5-3-4-11(6-12)14-8-21-10-26-14/h3-8,10H,9H2,1-2H3,(H2,20,22)/t18-/m0/s1. The summed E-state index contributed by atoms with van der Waals surface area (Å²) in [4.78, 5) is 4.80. The van der Waals surface area contributed by atoms with Crippen molar-refractivity contribution in [3.8, 4) is 21.8 Å². The van der Waals surface area contributed by atoms with Gasteiger partial charge in [0, 0.05) is 17.5 Å². The third-order valence-corrected chi connectivity index (χ3v) is 8.03. The molecule has 2 N–H and O–H groups in total. The third-order valence-electron chi connectivity index (χ3n) is 4.65. The minimum Gasteiger partial charge on any atom is -0.444 e. The van der Waals surface area contributed by atoms with Crippen LogP contribution in [0.1, 0.15) is 11.8 Å². The summed E-state index contributed by atoms with van der Waals surface area (Å²) in [6.07, 6.45) is 2.94. The maximum absolute atomic E-state index is 14.8. The molecule has 146 valence electrons. The van der Waals surface area contributed by atoms with Gasteiger partial charge in [0.1, 0.15) is 5.82 Å². The molecule has 2 aromatic heterocycles. The van der Waals surface area contributed by atoms with Crippen LogP contribution in [0.5, 0.6) is 0 Å². The molecule has 1 atom stereocenters. The molecule has 0 aliphatic carbocycles. The van der Waals surface area contributed by atoms with E-state index in [1.54, 1.807) is 13.1 Å². The summed E-state index contributed by atoms with van der Waals surface area (Å²) in [5.74, 6) is -0.529. The smallest absolute Gasteiger partial charge is 0.239 e. The molecule has 0 unspecified atom stereocenters. The van der Waals surface area contributed by atoms with E-state index in [0.29, 0.717) is 10.6 Å². The molecule has 3 heterocycles. The summed E-state index contributed by atoms with van der Waals surface area (Å²) in [5, 5.41) is 10.7. The van der Waals surface area contributed by atoms with E-state index >= 15 is 0 Å². The van der Waals surface area contributed by atoms with Crippen molar-refractivity contribution in [2.45, 2.75) is 12.5 Å². The van der Waals surface area contributed by atoms with E-state index in [4.69, 9.17) is 9.83 Å². The number of guanidine groups is 1. The molecule has 0 spiro atoms. The van der Waals surface area contributed by atoms with Gasteiger partial charge in [0.2, 0.25) is 16.0 Å². The zero-order valence-corrected chi connectivity index (χ0v) is 16.7. The number of sulfonamides is 1. The fraction of sp³-hybridized carbons (Fsp3) is 0.222. The summed E-state index contributed by atoms with van der Waals surface area (Å²) in [7, 11) is -2.41. The van der Waals surface area contributed by atoms with Gasteiger partial charge in [-0.25, -0.2) is 22.1 Å². The van der Waals surface area contributed by atoms with Gasteiger partial charge in [-0.1, -0.05) is 18.2 Å². The predicted octanol–water partition coefficient (Wildman–Crippen LogP) is 3.22. The number of hydrogen-bond acceptors (Lipinski definition) is 6. The van der Waals surface area contributed by atoms with Crippen molar-refractivity contribution in [3.63, 3.8) is 0 Å². The quantitative estimate of drug-likeness (QED) is 0.678. The largest absolute Gasteiger partial charge is 0.444 e. The lowest BCUT2D eigenvalue weighted by molar-refractivity contribution is 0.411. The van der Waals surface area contributed by atoms with Crippen molar-refractivity contribution in [1.82, 2.24) is 14.6 Å². The van der Waals surface area contributed by atoms with E-state index in [-0.39, 0.29) is 16.6 Å². The van der Waals surface area contributed by atoms with Crippen LogP contribution >= 0.6 is 11.3 Å². The van der Waals surface area contributed by atoms with Gasteiger partial charge in [0.05, 0.1) is 22.4 Å². The fourth-order valence-electron chi connectivity index (χ4n) is 3.17. The number of hydrogen-bond donors (Lipinski definition) is 2. The molecule has 7 nitrogen and oxygen atoms in total. The second-order valence-corrected chi connectivity index (χ2v) is 9.82. The number of oxazole rings is 1. The topological polar surface area (TPSA) is 99.3 Å². The maximum Gasteiger partial charge on any atom is 0.239 e. The van der Waals surface area contributed by atoms with Gasteiger partial charge in [0.25, 0.3) is 0 Å². The Kier molecular flexibility index (Phi) is 4.27. The van der Waals surface area contributed by atoms with Crippen LogP contribution in [0, 0.1) is 11.2 Å². The lowest BCUT2D eigenvalue weighted by Crippen LogP contribution is -2.60. The Bertz CT molecular complexity index is 1160. The molecular formula is C18H17FN4O3S2. The number of nitrogens with one attached hydrogen (secondary N) is 2. The summed E-state index contributed by atoms with van der Waals surface area (Å²) < 4.78 is 45.7. The van der Waals surface area contributed by atoms with E-state index in [1.165, 1.54) is 19.5 Å². The summed E-state index contributed by atoms with van der Waals surface area (Å²) in [6, 6.07) is 8.79. The lowest BCUT2D eigenvalue weighted by Gasteiger charge is -2.39. The minimum absolute atomic E-state index is 0.244. The molecule has 4 rings (SSSR count). The molecule has 1 saturated heterocycles. The van der Waals surface area contributed by atoms with E-state index in [1.807, 2.05) is 24.3 Å². The first-order chi connectivity index (χ1) is 13.2. The molecule has 0 saturated carbocycles. The monoisotopic (exact) mass is 420 g/mol. The highest BCUT2D eigenvalue weighted by atomic mass is 32.2. The second-order valence-electron chi connectivity index (χ2n) is 6.76. The predicted molar refractivity (Wildman–Crippen MR) is 105 cm³/mol. The van der Waals surface area contributed by atoms with Gasteiger partial charge in [-0.05, 0) is 24.6 Å². The Hall–Kier alpha value is -2.72. The SMILES string of the molecule is CN1C(=N)N[C@](C)(c2sc(-c3cccc(-c4cnco4)c3)cc2F)CS1(=O)=O. The van der Waals surface area contributed by atoms with Crippen LogP contribution < -0.4 is 5.32 Å². The van der Waals surface area contributed by atoms with E-state index in [0.717, 1.165) is 26.8 Å². The Labute approximate surface area is 165 Å². The lowest BCUT2D eigenvalue weighted by atomic mass is 10.0. The van der Waals surface area contributed by atoms with Gasteiger partial charge in [0.15, 0.2) is 12.2 Å². The number of halogens is 1. The average molecular weight is 420 g/mol. The first kappa shape index (κ1) is 18.6. The molecule has 1 aliphatic heterocycles. The molecule has 0 radical (unpaired) electrons. The molecular weight excluding hydrogens is 403 g/mol. The molecule has 0 amide bonds. The van der Waals surface area contributed by atoms with Crippen LogP contribution in [0.4, 0.5) is 4.39 Å². The number of aromatic nitrogens is 1. The molecule has 10 heteroatoms. The first-order valence-electron chi connectivity index (χ1n) is 8.32. The average Bonchev–Trinajstić information content (AvgIpc) is 3.29. The summed E-state index contributed by atoms with van der Waals surface area (Å²) in [6.45, 7) is 1.59. The highest BCUT2D eigenvalue weighted by molar-refractivity contribution is 7.89. The van der Waals surface area contributed by atoms with Crippen LogP contribution in [0.25, 0.3) is 21.8 Å². The van der Waals surface area contributed by atoms with E-state index in [9.17, 15) is 12.8 Å². The van der Waals surface area contributed by atoms with Gasteiger partial charge >= 0.3 is 0 Å². The summed E-state index contributed by atoms with van der Waals surface area (Å²) >= 11 is 1.16. The third kappa shape index (κ3) is 3.08. The number of thiophene rings is 1. The van der Waals surface area contributed by atoms with E-state index in [2.05, 4.69) is 10.3 Å². The molecule has 1 aliphatic rings. The van der Waals surface area contributed by atoms with Crippen molar-refractivity contribution >= 4 is 27.3 Å². The van der Waals surface area contributed by atoms with Crippen LogP contribution in [-0.2, 0) is 15.6 Å². The van der Waals surface area contributed by atoms with Gasteiger partial charge < -0.3 is 9.73 Å². The van der Waals surface area contributed by atoms with Crippen molar-refractivity contribution in [2.24, 2.45) is 0 Å². The van der Waals surface area contributed by atoms with Crippen molar-refractivity contribution in [1.29, 1.82) is 5.41 Å². The van der Waals surface area contributed by atoms with Crippen LogP contribution in [0.2, 0.25) is 0 Å². The first-order valence-corrected chi connectivity index (χ1v) is 10.7. The molecule has 1 aromatic carbocycles. The Morgan fingerprint density at radius 2 is 2.11 bits per heavy atom. The molecule has 0 bridgehead atoms. The number of nitrogens with zero attached hydrogens (tertiary/aromatic N) is 2. The maximum atomic E-state index is 14.8. The molecule has 28 heavy (non-hydrogen) atoms. The summed E-state index contributed by atoms with van der Waals surface area (Å²) in [5.41, 5.74) is 0.356. The Morgan fingerprint density at radius 1 is 1.36 bits per heavy atom. The van der Waals surface area contributed by atoms with Crippen LogP contribution in [-0.4, -0.2) is 36.5 Å². The zero-order valence-electron chi connectivity index (χ0n) is 15.1. The Morgan fingerprint density at radius 3 is 2.79 bits per heavy atom. The van der Waals surface area contributed by atoms with Gasteiger partial charge in [-0.2, -0.15) is 0 Å². The van der Waals surface area contributed by atoms with Gasteiger partial charge in [-0.3, -0.25) is 5.41 Å². The van der Waals surface area contributed by atoms with Crippen molar-refractivity contribution in [2.75, 3.05) is 12.8 Å². The second kappa shape index (κ2) is 6.42. The zero-order chi connectivity index (χ0) is 20.1. The highest BCUT2D eigenvalue weighted by Gasteiger charge is 2.44. The Balaban J connectivity index is 1.74. The fourth-order valence-corrected chi connectivity index (χ4v) is 5.86. The highest BCUT2D eigenvalue weighted by Crippen LogP contribution is 2.39. The normalized spacial score (nSPS) is 21.5. The molecule has 1 fully saturated rings. The van der Waals surface area contributed by atoms with E-state index < -0.39 is 21.4 Å². The van der Waals surface area contributed by atoms with Gasteiger partial charge in [-0.15, -0.1) is 11.3 Å². The number of rotatable bonds is 3. The van der Waals surface area contributed by atoms with Crippen molar-refractivity contribution in [3.05, 3.63) is 53.6 Å². The molecule has 3 aromatic rings. The van der Waals surface area contributed by atoms with Crippen molar-refractivity contribution < 1.29 is 17.2 Å². The number of benzene rings is 1. The van der Waals surface area contributed by atoms with Crippen LogP contribution in [0.15, 0.2) is 47.3 Å².